The quantitative estimate of drug-likeness (QED) is 0.0668. The van der Waals surface area contributed by atoms with Gasteiger partial charge in [0.1, 0.15) is 4.90 Å². The molecule has 5 saturated heterocycles. The van der Waals surface area contributed by atoms with Crippen LogP contribution < -0.4 is 25.2 Å². The molecular formula is C60H68ClF3N8O7S3. The number of allylic oxidation sites excluding steroid dienone is 1. The fourth-order valence-corrected chi connectivity index (χ4v) is 15.1. The molecule has 5 aliphatic heterocycles. The lowest BCUT2D eigenvalue weighted by molar-refractivity contribution is -0.120. The smallest absolute Gasteiger partial charge is 0.380 e. The van der Waals surface area contributed by atoms with Crippen LogP contribution in [0.4, 0.5) is 35.0 Å². The number of benzene rings is 5. The van der Waals surface area contributed by atoms with Crippen LogP contribution in [0.1, 0.15) is 80.3 Å². The predicted molar refractivity (Wildman–Crippen MR) is 315 cm³/mol. The van der Waals surface area contributed by atoms with Gasteiger partial charge in [0.15, 0.2) is 0 Å². The van der Waals surface area contributed by atoms with E-state index >= 15 is 0 Å². The van der Waals surface area contributed by atoms with E-state index < -0.39 is 58.8 Å². The van der Waals surface area contributed by atoms with E-state index in [0.29, 0.717) is 48.6 Å². The fraction of sp³-hybridized carbons (Fsp3) is 0.417. The first-order chi connectivity index (χ1) is 39.1. The molecule has 5 fully saturated rings. The highest BCUT2D eigenvalue weighted by Gasteiger charge is 2.49. The van der Waals surface area contributed by atoms with Crippen LogP contribution in [0.25, 0.3) is 5.57 Å². The lowest BCUT2D eigenvalue weighted by atomic mass is 9.73. The molecule has 1 aliphatic carbocycles. The number of halogens is 4. The second-order valence-corrected chi connectivity index (χ2v) is 27.9. The molecule has 11 rings (SSSR count). The second-order valence-electron chi connectivity index (χ2n) is 22.8. The first-order valence-corrected chi connectivity index (χ1v) is 32.1. The normalized spacial score (nSPS) is 20.7. The Hall–Kier alpha value is -5.94. The number of sulfonamides is 1. The van der Waals surface area contributed by atoms with Gasteiger partial charge in [-0.15, -0.1) is 11.8 Å². The highest BCUT2D eigenvalue weighted by Crippen LogP contribution is 2.43. The molecule has 5 aromatic rings. The summed E-state index contributed by atoms with van der Waals surface area (Å²) in [6.45, 7) is 11.7. The Bertz CT molecular complexity index is 3400. The highest BCUT2D eigenvalue weighted by atomic mass is 35.5. The van der Waals surface area contributed by atoms with Gasteiger partial charge in [-0.3, -0.25) is 34.5 Å². The number of hydrogen-bond acceptors (Lipinski definition) is 13. The minimum Gasteiger partial charge on any atom is -0.380 e. The average molecular weight is 1200 g/mol. The SMILES string of the molecule is CC1(C)CCC(c2ccc(Cl)cc2)=C(CN2CCN(c3ccc(C(=O)NS(=O)(=O)c4ccc(N[C@H](CCN5CC6CCC5CN6Cc5ccc(N6CCC(=O)NC6=O)cc5)CSc5ccccc5)c(S(=O)(=O)C(F)(F)F)c4)cc3)CC2)C1. The number of imide groups is 1. The van der Waals surface area contributed by atoms with Crippen LogP contribution in [0.15, 0.2) is 142 Å². The van der Waals surface area contributed by atoms with Gasteiger partial charge in [0.05, 0.1) is 10.6 Å². The summed E-state index contributed by atoms with van der Waals surface area (Å²) in [5.41, 5.74) is 0.651. The van der Waals surface area contributed by atoms with Crippen LogP contribution in [0.2, 0.25) is 5.02 Å². The minimum atomic E-state index is -6.13. The Morgan fingerprint density at radius 1 is 0.793 bits per heavy atom. The van der Waals surface area contributed by atoms with Gasteiger partial charge in [-0.2, -0.15) is 13.2 Å². The molecule has 0 radical (unpaired) electrons. The summed E-state index contributed by atoms with van der Waals surface area (Å²) in [5.74, 6) is -0.994. The number of piperidine rings is 2. The largest absolute Gasteiger partial charge is 0.501 e. The van der Waals surface area contributed by atoms with Gasteiger partial charge in [0.25, 0.3) is 25.8 Å². The Morgan fingerprint density at radius 2 is 1.46 bits per heavy atom. The molecule has 0 saturated carbocycles. The van der Waals surface area contributed by atoms with Crippen molar-refractivity contribution in [2.24, 2.45) is 5.41 Å². The molecule has 2 unspecified atom stereocenters. The number of sulfone groups is 1. The van der Waals surface area contributed by atoms with Crippen molar-refractivity contribution in [2.75, 3.05) is 79.8 Å². The summed E-state index contributed by atoms with van der Waals surface area (Å²) in [6.07, 6.45) is 5.71. The summed E-state index contributed by atoms with van der Waals surface area (Å²) in [5, 5.41) is 6.15. The fourth-order valence-electron chi connectivity index (χ4n) is 11.9. The number of carbonyl (C=O) groups is 3. The summed E-state index contributed by atoms with van der Waals surface area (Å²) in [6, 6.07) is 33.5. The summed E-state index contributed by atoms with van der Waals surface area (Å²) in [7, 11) is -11.0. The third-order valence-electron chi connectivity index (χ3n) is 16.5. The zero-order chi connectivity index (χ0) is 58.0. The molecule has 436 valence electrons. The molecular weight excluding hydrogens is 1130 g/mol. The monoisotopic (exact) mass is 1200 g/mol. The van der Waals surface area contributed by atoms with Crippen molar-refractivity contribution in [1.82, 2.24) is 24.7 Å². The Balaban J connectivity index is 0.784. The van der Waals surface area contributed by atoms with E-state index in [4.69, 9.17) is 11.6 Å². The standard InChI is InChI=1S/C60H68ClF3N8O7S3/c1-59(2)27-24-53(42-10-14-45(61)15-11-42)44(35-59)37-68-30-32-69(33-31-68)47-18-12-43(13-19-47)57(74)67-82(78,79)52-22-23-54(55(34-52)81(76,77)60(62,63)64)65-46(40-80-51-6-4-3-5-7-51)25-28-70-38-50-21-20-49(70)39-71(50)36-41-8-16-48(17-9-41)72-29-26-56(73)66-58(72)75/h3-19,22-23,34,46,49-50,65H,20-21,24-33,35-40H2,1-2H3,(H,67,74)(H,66,73,75)/t46-,49?,50?/m1/s1. The van der Waals surface area contributed by atoms with Crippen LogP contribution in [0, 0.1) is 5.41 Å². The number of nitrogens with one attached hydrogen (secondary N) is 3. The molecule has 2 bridgehead atoms. The van der Waals surface area contributed by atoms with E-state index in [1.165, 1.54) is 40.6 Å². The number of alkyl halides is 3. The van der Waals surface area contributed by atoms with E-state index in [0.717, 1.165) is 106 Å². The topological polar surface area (TPSA) is 172 Å². The van der Waals surface area contributed by atoms with Crippen molar-refractivity contribution in [2.45, 2.75) is 104 Å². The van der Waals surface area contributed by atoms with Crippen molar-refractivity contribution in [3.05, 3.63) is 149 Å². The van der Waals surface area contributed by atoms with Crippen molar-refractivity contribution in [3.63, 3.8) is 0 Å². The Morgan fingerprint density at radius 3 is 2.12 bits per heavy atom. The van der Waals surface area contributed by atoms with E-state index in [2.05, 4.69) is 56.2 Å². The van der Waals surface area contributed by atoms with Crippen LogP contribution in [-0.2, 0) is 31.2 Å². The number of amides is 4. The van der Waals surface area contributed by atoms with Crippen molar-refractivity contribution >= 4 is 83.7 Å². The molecule has 22 heteroatoms. The minimum absolute atomic E-state index is 0.0146. The second kappa shape index (κ2) is 24.7. The number of thioether (sulfide) groups is 1. The number of hydrogen-bond donors (Lipinski definition) is 3. The molecule has 5 heterocycles. The van der Waals surface area contributed by atoms with E-state index in [1.807, 2.05) is 71.5 Å². The molecule has 82 heavy (non-hydrogen) atoms. The maximum Gasteiger partial charge on any atom is 0.501 e. The molecule has 3 N–H and O–H groups in total. The van der Waals surface area contributed by atoms with Crippen LogP contribution in [0.3, 0.4) is 0 Å². The number of carbonyl (C=O) groups excluding carboxylic acids is 3. The van der Waals surface area contributed by atoms with E-state index in [9.17, 15) is 44.4 Å². The van der Waals surface area contributed by atoms with Gasteiger partial charge in [0.2, 0.25) is 5.91 Å². The number of urea groups is 1. The number of anilines is 3. The van der Waals surface area contributed by atoms with Gasteiger partial charge in [-0.1, -0.05) is 73.5 Å². The number of fused-ring (bicyclic) bond motifs is 3. The van der Waals surface area contributed by atoms with Crippen molar-refractivity contribution < 1.29 is 44.4 Å². The summed E-state index contributed by atoms with van der Waals surface area (Å²) >= 11 is 7.67. The highest BCUT2D eigenvalue weighted by molar-refractivity contribution is 7.99. The summed E-state index contributed by atoms with van der Waals surface area (Å²) < 4.78 is 100. The van der Waals surface area contributed by atoms with Gasteiger partial charge in [0, 0.05) is 123 Å². The molecule has 5 aromatic carbocycles. The van der Waals surface area contributed by atoms with E-state index in [-0.39, 0.29) is 35.4 Å². The van der Waals surface area contributed by atoms with Crippen LogP contribution in [-0.4, -0.2) is 138 Å². The molecule has 15 nitrogen and oxygen atoms in total. The number of nitrogens with zero attached hydrogens (tertiary/aromatic N) is 5. The maximum absolute atomic E-state index is 14.5. The lowest BCUT2D eigenvalue weighted by Gasteiger charge is -2.52. The lowest BCUT2D eigenvalue weighted by Crippen LogP contribution is -2.62. The zero-order valence-corrected chi connectivity index (χ0v) is 49.0. The van der Waals surface area contributed by atoms with Gasteiger partial charge < -0.3 is 10.2 Å². The molecule has 6 aliphatic rings. The van der Waals surface area contributed by atoms with E-state index in [1.54, 1.807) is 17.0 Å². The maximum atomic E-state index is 14.5. The summed E-state index contributed by atoms with van der Waals surface area (Å²) in [4.78, 5) is 47.4. The number of rotatable bonds is 19. The Kier molecular flexibility index (Phi) is 17.9. The molecule has 4 amide bonds. The first-order valence-electron chi connectivity index (χ1n) is 27.8. The zero-order valence-electron chi connectivity index (χ0n) is 45.8. The van der Waals surface area contributed by atoms with Gasteiger partial charge >= 0.3 is 11.5 Å². The molecule has 0 aromatic heterocycles. The Labute approximate surface area is 487 Å². The third kappa shape index (κ3) is 14.0. The number of piperazine rings is 2. The average Bonchev–Trinajstić information content (AvgIpc) is 3.50. The van der Waals surface area contributed by atoms with Crippen LogP contribution >= 0.6 is 23.4 Å². The van der Waals surface area contributed by atoms with Crippen molar-refractivity contribution in [3.8, 4) is 0 Å². The third-order valence-corrected chi connectivity index (χ3v) is 20.8. The molecule has 0 spiro atoms. The first kappa shape index (κ1) is 59.2. The van der Waals surface area contributed by atoms with Crippen LogP contribution in [0.5, 0.6) is 0 Å². The predicted octanol–water partition coefficient (Wildman–Crippen LogP) is 10.3. The van der Waals surface area contributed by atoms with Gasteiger partial charge in [-0.05, 0) is 140 Å². The van der Waals surface area contributed by atoms with Gasteiger partial charge in [-0.25, -0.2) is 26.4 Å². The molecule has 3 atom stereocenters. The van der Waals surface area contributed by atoms with Crippen molar-refractivity contribution in [1.29, 1.82) is 0 Å².